The maximum atomic E-state index is 10.4. The number of nitrogens with zero attached hydrogens (tertiary/aromatic N) is 2. The Hall–Kier alpha value is -1.18. The minimum absolute atomic E-state index is 0.345. The summed E-state index contributed by atoms with van der Waals surface area (Å²) in [6, 6.07) is 8.22. The SMILES string of the molecule is COCCOC1CCN(Cc2ccccc2OC[C@@H](O)CN2CCCCC2)CC1. The standard InChI is InChI=1S/C23H38N2O4/c1-27-15-16-28-22-9-13-25(14-10-22)17-20-7-3-4-8-23(20)29-19-21(26)18-24-11-5-2-6-12-24/h3-4,7-8,21-22,26H,2,5-6,9-19H2,1H3/t21-/m0/s1. The van der Waals surface area contributed by atoms with Crippen molar-refractivity contribution in [2.24, 2.45) is 0 Å². The second kappa shape index (κ2) is 12.5. The fourth-order valence-electron chi connectivity index (χ4n) is 4.23. The molecule has 1 N–H and O–H groups in total. The van der Waals surface area contributed by atoms with Crippen molar-refractivity contribution >= 4 is 0 Å². The van der Waals surface area contributed by atoms with Crippen LogP contribution in [0.3, 0.4) is 0 Å². The molecule has 0 radical (unpaired) electrons. The van der Waals surface area contributed by atoms with Crippen molar-refractivity contribution in [1.82, 2.24) is 9.80 Å². The Morgan fingerprint density at radius 1 is 1.00 bits per heavy atom. The molecule has 0 unspecified atom stereocenters. The first-order valence-corrected chi connectivity index (χ1v) is 11.2. The van der Waals surface area contributed by atoms with Crippen molar-refractivity contribution in [3.8, 4) is 5.75 Å². The fraction of sp³-hybridized carbons (Fsp3) is 0.739. The van der Waals surface area contributed by atoms with Gasteiger partial charge in [-0.05, 0) is 44.8 Å². The van der Waals surface area contributed by atoms with Crippen LogP contribution in [0.1, 0.15) is 37.7 Å². The first-order chi connectivity index (χ1) is 14.2. The van der Waals surface area contributed by atoms with Gasteiger partial charge in [-0.1, -0.05) is 24.6 Å². The number of piperidine rings is 2. The summed E-state index contributed by atoms with van der Waals surface area (Å²) in [7, 11) is 1.71. The molecule has 1 aromatic rings. The lowest BCUT2D eigenvalue weighted by Crippen LogP contribution is -2.39. The molecule has 3 rings (SSSR count). The second-order valence-corrected chi connectivity index (χ2v) is 8.27. The summed E-state index contributed by atoms with van der Waals surface area (Å²) in [5.41, 5.74) is 1.19. The van der Waals surface area contributed by atoms with Crippen LogP contribution < -0.4 is 4.74 Å². The number of para-hydroxylation sites is 1. The summed E-state index contributed by atoms with van der Waals surface area (Å²) in [6.45, 7) is 7.53. The van der Waals surface area contributed by atoms with E-state index in [9.17, 15) is 5.11 Å². The van der Waals surface area contributed by atoms with Crippen LogP contribution in [-0.2, 0) is 16.0 Å². The Balaban J connectivity index is 1.42. The van der Waals surface area contributed by atoms with E-state index in [0.717, 1.165) is 51.3 Å². The van der Waals surface area contributed by atoms with Gasteiger partial charge in [0, 0.05) is 38.9 Å². The van der Waals surface area contributed by atoms with Gasteiger partial charge in [-0.3, -0.25) is 4.90 Å². The molecular formula is C23H38N2O4. The highest BCUT2D eigenvalue weighted by Gasteiger charge is 2.21. The summed E-state index contributed by atoms with van der Waals surface area (Å²) in [5.74, 6) is 0.892. The number of β-amino-alcohol motifs (C(OH)–C–C–N with tert-alkyl or cyclic N) is 1. The predicted molar refractivity (Wildman–Crippen MR) is 114 cm³/mol. The minimum atomic E-state index is -0.443. The van der Waals surface area contributed by atoms with E-state index in [4.69, 9.17) is 14.2 Å². The number of ether oxygens (including phenoxy) is 3. The van der Waals surface area contributed by atoms with Gasteiger partial charge in [0.2, 0.25) is 0 Å². The summed E-state index contributed by atoms with van der Waals surface area (Å²) in [5, 5.41) is 10.4. The number of hydrogen-bond donors (Lipinski definition) is 1. The highest BCUT2D eigenvalue weighted by atomic mass is 16.5. The third-order valence-corrected chi connectivity index (χ3v) is 5.89. The van der Waals surface area contributed by atoms with Crippen molar-refractivity contribution in [3.05, 3.63) is 29.8 Å². The third-order valence-electron chi connectivity index (χ3n) is 5.89. The topological polar surface area (TPSA) is 54.4 Å². The Bertz CT molecular complexity index is 572. The van der Waals surface area contributed by atoms with E-state index >= 15 is 0 Å². The molecule has 2 saturated heterocycles. The Morgan fingerprint density at radius 3 is 2.52 bits per heavy atom. The van der Waals surface area contributed by atoms with Crippen molar-refractivity contribution in [1.29, 1.82) is 0 Å². The maximum Gasteiger partial charge on any atom is 0.123 e. The zero-order valence-corrected chi connectivity index (χ0v) is 17.9. The van der Waals surface area contributed by atoms with E-state index < -0.39 is 6.10 Å². The van der Waals surface area contributed by atoms with E-state index in [1.807, 2.05) is 12.1 Å². The van der Waals surface area contributed by atoms with Gasteiger partial charge >= 0.3 is 0 Å². The van der Waals surface area contributed by atoms with Crippen molar-refractivity contribution < 1.29 is 19.3 Å². The number of aliphatic hydroxyl groups is 1. The minimum Gasteiger partial charge on any atom is -0.491 e. The van der Waals surface area contributed by atoms with Crippen LogP contribution in [0.5, 0.6) is 5.75 Å². The van der Waals surface area contributed by atoms with E-state index in [0.29, 0.717) is 32.5 Å². The van der Waals surface area contributed by atoms with Crippen molar-refractivity contribution in [3.63, 3.8) is 0 Å². The maximum absolute atomic E-state index is 10.4. The average Bonchev–Trinajstić information content (AvgIpc) is 2.75. The van der Waals surface area contributed by atoms with Gasteiger partial charge in [0.05, 0.1) is 19.3 Å². The Morgan fingerprint density at radius 2 is 1.76 bits per heavy atom. The van der Waals surface area contributed by atoms with E-state index in [1.54, 1.807) is 7.11 Å². The lowest BCUT2D eigenvalue weighted by atomic mass is 10.1. The van der Waals surface area contributed by atoms with Gasteiger partial charge in [-0.25, -0.2) is 0 Å². The molecule has 164 valence electrons. The van der Waals surface area contributed by atoms with Crippen LogP contribution in [0.25, 0.3) is 0 Å². The van der Waals surface area contributed by atoms with E-state index in [2.05, 4.69) is 21.9 Å². The van der Waals surface area contributed by atoms with Crippen molar-refractivity contribution in [2.45, 2.75) is 50.9 Å². The van der Waals surface area contributed by atoms with E-state index in [-0.39, 0.29) is 0 Å². The first-order valence-electron chi connectivity index (χ1n) is 11.2. The van der Waals surface area contributed by atoms with Gasteiger partial charge < -0.3 is 24.2 Å². The zero-order valence-electron chi connectivity index (χ0n) is 17.9. The van der Waals surface area contributed by atoms with Gasteiger partial charge in [-0.15, -0.1) is 0 Å². The molecule has 2 aliphatic rings. The zero-order chi connectivity index (χ0) is 20.3. The van der Waals surface area contributed by atoms with E-state index in [1.165, 1.54) is 24.8 Å². The monoisotopic (exact) mass is 406 g/mol. The fourth-order valence-corrected chi connectivity index (χ4v) is 4.23. The molecule has 0 saturated carbocycles. The molecule has 0 spiro atoms. The van der Waals surface area contributed by atoms with Crippen LogP contribution >= 0.6 is 0 Å². The van der Waals surface area contributed by atoms with Crippen LogP contribution in [0.2, 0.25) is 0 Å². The van der Waals surface area contributed by atoms with Crippen LogP contribution in [-0.4, -0.2) is 86.8 Å². The van der Waals surface area contributed by atoms with Crippen molar-refractivity contribution in [2.75, 3.05) is 59.7 Å². The molecule has 2 aliphatic heterocycles. The molecule has 2 heterocycles. The van der Waals surface area contributed by atoms with Gasteiger partial charge in [0.15, 0.2) is 0 Å². The average molecular weight is 407 g/mol. The highest BCUT2D eigenvalue weighted by molar-refractivity contribution is 5.33. The Labute approximate surface area is 175 Å². The number of methoxy groups -OCH3 is 1. The largest absolute Gasteiger partial charge is 0.491 e. The summed E-state index contributed by atoms with van der Waals surface area (Å²) in [6.07, 6.45) is 5.81. The van der Waals surface area contributed by atoms with Crippen LogP contribution in [0.4, 0.5) is 0 Å². The summed E-state index contributed by atoms with van der Waals surface area (Å²) < 4.78 is 17.0. The summed E-state index contributed by atoms with van der Waals surface area (Å²) in [4.78, 5) is 4.81. The smallest absolute Gasteiger partial charge is 0.123 e. The number of rotatable bonds is 11. The Kier molecular flexibility index (Phi) is 9.70. The van der Waals surface area contributed by atoms with Gasteiger partial charge in [0.25, 0.3) is 0 Å². The number of aliphatic hydroxyl groups excluding tert-OH is 1. The molecule has 29 heavy (non-hydrogen) atoms. The normalized spacial score (nSPS) is 20.6. The number of likely N-dealkylation sites (tertiary alicyclic amines) is 2. The molecule has 6 nitrogen and oxygen atoms in total. The van der Waals surface area contributed by atoms with Gasteiger partial charge in [-0.2, -0.15) is 0 Å². The van der Waals surface area contributed by atoms with Crippen LogP contribution in [0, 0.1) is 0 Å². The molecular weight excluding hydrogens is 368 g/mol. The second-order valence-electron chi connectivity index (χ2n) is 8.27. The lowest BCUT2D eigenvalue weighted by molar-refractivity contribution is -0.0159. The molecule has 0 amide bonds. The molecule has 2 fully saturated rings. The predicted octanol–water partition coefficient (Wildman–Crippen LogP) is 2.54. The lowest BCUT2D eigenvalue weighted by Gasteiger charge is -2.32. The molecule has 6 heteroatoms. The molecule has 0 aliphatic carbocycles. The van der Waals surface area contributed by atoms with Gasteiger partial charge in [0.1, 0.15) is 18.5 Å². The summed E-state index contributed by atoms with van der Waals surface area (Å²) >= 11 is 0. The molecule has 1 atom stereocenters. The first kappa shape index (κ1) is 22.5. The van der Waals surface area contributed by atoms with Crippen LogP contribution in [0.15, 0.2) is 24.3 Å². The third kappa shape index (κ3) is 7.87. The number of hydrogen-bond acceptors (Lipinski definition) is 6. The quantitative estimate of drug-likeness (QED) is 0.570. The highest BCUT2D eigenvalue weighted by Crippen LogP contribution is 2.23. The molecule has 0 bridgehead atoms. The number of benzene rings is 1. The molecule has 1 aromatic carbocycles. The molecule has 0 aromatic heterocycles.